The standard InChI is InChI=1S/C35H39N13O6S2/c1-21(17-38-2)39-18-22-9-13-25(14-10-22)27-6-4-8-30(56(37,53)54)32(27)34-43-47-48(44-34)20-28(35(49)50)40-19-23-11-15-24(16-12-23)26-5-3-7-29(55(36,51)52)31(26)33-41-45-46-42-33/h3-16,21,28,38-40H,17-20H2,1-2H3,(H,49,50)(H2,36,51,52)(H2,37,53,54)(H,41,42,45,46). The number of nitrogens with two attached hydrogens (primary N) is 2. The number of nitrogens with one attached hydrogen (secondary N) is 4. The number of benzene rings is 4. The Bertz CT molecular complexity index is 2530. The van der Waals surface area contributed by atoms with Gasteiger partial charge in [0.1, 0.15) is 6.04 Å². The zero-order chi connectivity index (χ0) is 40.0. The van der Waals surface area contributed by atoms with Crippen molar-refractivity contribution in [2.45, 2.75) is 48.4 Å². The fourth-order valence-corrected chi connectivity index (χ4v) is 7.58. The lowest BCUT2D eigenvalue weighted by molar-refractivity contribution is -0.140. The summed E-state index contributed by atoms with van der Waals surface area (Å²) in [6.07, 6.45) is 0. The van der Waals surface area contributed by atoms with Crippen LogP contribution < -0.4 is 26.2 Å². The molecule has 0 fully saturated rings. The Morgan fingerprint density at radius 3 is 1.80 bits per heavy atom. The number of primary sulfonamides is 2. The van der Waals surface area contributed by atoms with Crippen LogP contribution in [0.25, 0.3) is 45.0 Å². The average Bonchev–Trinajstić information content (AvgIpc) is 3.88. The largest absolute Gasteiger partial charge is 0.480 e. The SMILES string of the molecule is CNCC(C)NCc1ccc(-c2cccc(S(N)(=O)=O)c2-c2nnn(CC(NCc3ccc(-c4cccc(S(N)(=O)=O)c4-c4nn[nH]n4)cc3)C(=O)O)n2)cc1. The number of sulfonamides is 2. The van der Waals surface area contributed by atoms with Crippen LogP contribution >= 0.6 is 0 Å². The number of aromatic nitrogens is 8. The topological polar surface area (TPSA) is 292 Å². The lowest BCUT2D eigenvalue weighted by atomic mass is 9.98. The summed E-state index contributed by atoms with van der Waals surface area (Å²) in [6, 6.07) is 22.9. The van der Waals surface area contributed by atoms with Gasteiger partial charge in [-0.1, -0.05) is 72.8 Å². The molecular formula is C35H39N13O6S2. The molecule has 19 nitrogen and oxygen atoms in total. The van der Waals surface area contributed by atoms with Crippen molar-refractivity contribution in [2.75, 3.05) is 13.6 Å². The van der Waals surface area contributed by atoms with Crippen LogP contribution in [0.4, 0.5) is 0 Å². The maximum absolute atomic E-state index is 12.7. The van der Waals surface area contributed by atoms with Crippen LogP contribution in [0.5, 0.6) is 0 Å². The summed E-state index contributed by atoms with van der Waals surface area (Å²) in [6.45, 7) is 3.38. The van der Waals surface area contributed by atoms with Crippen LogP contribution in [0.3, 0.4) is 0 Å². The van der Waals surface area contributed by atoms with E-state index in [4.69, 9.17) is 10.3 Å². The highest BCUT2D eigenvalue weighted by Gasteiger charge is 2.26. The fourth-order valence-electron chi connectivity index (χ4n) is 6.08. The van der Waals surface area contributed by atoms with E-state index in [9.17, 15) is 26.7 Å². The van der Waals surface area contributed by atoms with E-state index in [1.165, 1.54) is 12.1 Å². The Morgan fingerprint density at radius 1 is 0.786 bits per heavy atom. The highest BCUT2D eigenvalue weighted by Crippen LogP contribution is 2.36. The summed E-state index contributed by atoms with van der Waals surface area (Å²) in [4.78, 5) is 13.0. The van der Waals surface area contributed by atoms with Gasteiger partial charge in [0.15, 0.2) is 0 Å². The summed E-state index contributed by atoms with van der Waals surface area (Å²) >= 11 is 0. The second kappa shape index (κ2) is 16.9. The number of H-pyrrole nitrogens is 1. The predicted molar refractivity (Wildman–Crippen MR) is 205 cm³/mol. The molecule has 0 aliphatic carbocycles. The molecule has 0 saturated heterocycles. The van der Waals surface area contributed by atoms with E-state index >= 15 is 0 Å². The number of aliphatic carboxylic acids is 1. The van der Waals surface area contributed by atoms with Crippen LogP contribution in [0, 0.1) is 0 Å². The Balaban J connectivity index is 1.20. The highest BCUT2D eigenvalue weighted by atomic mass is 32.2. The minimum absolute atomic E-state index is 0.0434. The first-order valence-corrected chi connectivity index (χ1v) is 20.2. The van der Waals surface area contributed by atoms with Gasteiger partial charge in [-0.25, -0.2) is 27.1 Å². The van der Waals surface area contributed by atoms with E-state index in [2.05, 4.69) is 58.9 Å². The summed E-state index contributed by atoms with van der Waals surface area (Å²) in [5.74, 6) is -1.20. The minimum atomic E-state index is -4.24. The lowest BCUT2D eigenvalue weighted by Crippen LogP contribution is -2.40. The molecule has 0 radical (unpaired) electrons. The first-order chi connectivity index (χ1) is 26.7. The van der Waals surface area contributed by atoms with Gasteiger partial charge in [-0.15, -0.1) is 20.4 Å². The summed E-state index contributed by atoms with van der Waals surface area (Å²) in [7, 11) is -6.48. The molecule has 292 valence electrons. The number of aromatic amines is 1. The van der Waals surface area contributed by atoms with E-state index in [0.29, 0.717) is 34.4 Å². The fraction of sp³-hybridized carbons (Fsp3) is 0.229. The maximum Gasteiger partial charge on any atom is 0.322 e. The molecule has 0 saturated carbocycles. The second-order valence-corrected chi connectivity index (χ2v) is 15.9. The van der Waals surface area contributed by atoms with Crippen LogP contribution in [0.2, 0.25) is 0 Å². The molecule has 0 bridgehead atoms. The van der Waals surface area contributed by atoms with Crippen molar-refractivity contribution in [1.82, 2.24) is 56.8 Å². The van der Waals surface area contributed by atoms with Gasteiger partial charge in [0.05, 0.1) is 27.5 Å². The molecule has 4 aromatic carbocycles. The van der Waals surface area contributed by atoms with Crippen molar-refractivity contribution in [3.05, 3.63) is 96.1 Å². The Kier molecular flexibility index (Phi) is 12.0. The van der Waals surface area contributed by atoms with E-state index in [-0.39, 0.29) is 51.7 Å². The van der Waals surface area contributed by atoms with Crippen molar-refractivity contribution in [2.24, 2.45) is 10.3 Å². The van der Waals surface area contributed by atoms with E-state index < -0.39 is 32.1 Å². The molecular weight excluding hydrogens is 763 g/mol. The van der Waals surface area contributed by atoms with Crippen LogP contribution in [0.15, 0.2) is 94.7 Å². The first-order valence-electron chi connectivity index (χ1n) is 17.1. The van der Waals surface area contributed by atoms with Crippen molar-refractivity contribution >= 4 is 26.0 Å². The van der Waals surface area contributed by atoms with Crippen LogP contribution in [-0.4, -0.2) is 94.4 Å². The summed E-state index contributed by atoms with van der Waals surface area (Å²) in [5, 5.41) is 57.0. The predicted octanol–water partition coefficient (Wildman–Crippen LogP) is 1.09. The Morgan fingerprint density at radius 2 is 1.32 bits per heavy atom. The molecule has 0 aliphatic rings. The van der Waals surface area contributed by atoms with E-state index in [1.54, 1.807) is 48.5 Å². The maximum atomic E-state index is 12.7. The minimum Gasteiger partial charge on any atom is -0.480 e. The number of carbonyl (C=O) groups is 1. The van der Waals surface area contributed by atoms with Crippen molar-refractivity contribution < 1.29 is 26.7 Å². The number of rotatable bonds is 17. The van der Waals surface area contributed by atoms with Gasteiger partial charge in [0.2, 0.25) is 31.7 Å². The van der Waals surface area contributed by atoms with Crippen LogP contribution in [0.1, 0.15) is 18.1 Å². The molecule has 6 aromatic rings. The van der Waals surface area contributed by atoms with Crippen molar-refractivity contribution in [3.63, 3.8) is 0 Å². The molecule has 56 heavy (non-hydrogen) atoms. The second-order valence-electron chi connectivity index (χ2n) is 12.9. The van der Waals surface area contributed by atoms with E-state index in [0.717, 1.165) is 16.9 Å². The van der Waals surface area contributed by atoms with Gasteiger partial charge in [0, 0.05) is 25.7 Å². The third kappa shape index (κ3) is 9.34. The monoisotopic (exact) mass is 801 g/mol. The zero-order valence-electron chi connectivity index (χ0n) is 30.2. The number of likely N-dealkylation sites (N-methyl/N-ethyl adjacent to an activating group) is 1. The number of nitrogens with zero attached hydrogens (tertiary/aromatic N) is 7. The molecule has 0 aliphatic heterocycles. The number of hydrogen-bond acceptors (Lipinski definition) is 14. The molecule has 0 spiro atoms. The molecule has 2 heterocycles. The number of tetrazole rings is 2. The summed E-state index contributed by atoms with van der Waals surface area (Å²) in [5.41, 5.74) is 4.33. The molecule has 21 heteroatoms. The van der Waals surface area contributed by atoms with Gasteiger partial charge in [-0.05, 0) is 69.9 Å². The smallest absolute Gasteiger partial charge is 0.322 e. The van der Waals surface area contributed by atoms with Gasteiger partial charge < -0.3 is 15.7 Å². The van der Waals surface area contributed by atoms with Crippen LogP contribution in [-0.2, 0) is 44.5 Å². The highest BCUT2D eigenvalue weighted by molar-refractivity contribution is 7.89. The number of hydrogen-bond donors (Lipinski definition) is 7. The number of carboxylic acid groups (broad SMARTS) is 1. The molecule has 2 aromatic heterocycles. The third-order valence-electron chi connectivity index (χ3n) is 8.80. The molecule has 6 rings (SSSR count). The van der Waals surface area contributed by atoms with Gasteiger partial charge in [-0.2, -0.15) is 10.0 Å². The summed E-state index contributed by atoms with van der Waals surface area (Å²) < 4.78 is 50.2. The van der Waals surface area contributed by atoms with Gasteiger partial charge >= 0.3 is 5.97 Å². The van der Waals surface area contributed by atoms with E-state index in [1.807, 2.05) is 31.3 Å². The Labute approximate surface area is 322 Å². The first kappa shape index (κ1) is 39.9. The quantitative estimate of drug-likeness (QED) is 0.0679. The molecule has 0 amide bonds. The third-order valence-corrected chi connectivity index (χ3v) is 10.7. The van der Waals surface area contributed by atoms with Crippen molar-refractivity contribution in [1.29, 1.82) is 0 Å². The van der Waals surface area contributed by atoms with Gasteiger partial charge in [0.25, 0.3) is 0 Å². The average molecular weight is 802 g/mol. The molecule has 2 unspecified atom stereocenters. The van der Waals surface area contributed by atoms with Gasteiger partial charge in [-0.3, -0.25) is 10.1 Å². The molecule has 9 N–H and O–H groups in total. The van der Waals surface area contributed by atoms with Crippen molar-refractivity contribution in [3.8, 4) is 45.0 Å². The lowest BCUT2D eigenvalue weighted by Gasteiger charge is -2.15. The Hall–Kier alpha value is -5.81. The molecule has 2 atom stereocenters. The zero-order valence-corrected chi connectivity index (χ0v) is 31.8. The normalized spacial score (nSPS) is 13.1. The number of carboxylic acids is 1.